The Labute approximate surface area is 106 Å². The van der Waals surface area contributed by atoms with Crippen LogP contribution in [0.15, 0.2) is 18.3 Å². The number of aromatic nitrogens is 1. The van der Waals surface area contributed by atoms with Gasteiger partial charge in [0, 0.05) is 6.20 Å². The normalized spacial score (nSPS) is 27.3. The van der Waals surface area contributed by atoms with Crippen LogP contribution in [0.1, 0.15) is 50.5 Å². The molecule has 1 aliphatic carbocycles. The third-order valence-electron chi connectivity index (χ3n) is 4.01. The highest BCUT2D eigenvalue weighted by atomic mass is 19.1. The van der Waals surface area contributed by atoms with E-state index in [-0.39, 0.29) is 5.92 Å². The minimum Gasteiger partial charge on any atom is -0.481 e. The van der Waals surface area contributed by atoms with Gasteiger partial charge in [-0.25, -0.2) is 4.98 Å². The van der Waals surface area contributed by atoms with Crippen molar-refractivity contribution in [3.63, 3.8) is 0 Å². The van der Waals surface area contributed by atoms with Gasteiger partial charge in [-0.3, -0.25) is 4.79 Å². The van der Waals surface area contributed by atoms with E-state index in [0.717, 1.165) is 18.4 Å². The average molecular weight is 251 g/mol. The summed E-state index contributed by atoms with van der Waals surface area (Å²) >= 11 is 0. The second kappa shape index (κ2) is 5.04. The quantitative estimate of drug-likeness (QED) is 0.835. The predicted molar refractivity (Wildman–Crippen MR) is 65.8 cm³/mol. The van der Waals surface area contributed by atoms with Gasteiger partial charge in [0.2, 0.25) is 5.95 Å². The Morgan fingerprint density at radius 1 is 1.61 bits per heavy atom. The van der Waals surface area contributed by atoms with Crippen LogP contribution in [0.2, 0.25) is 0 Å². The van der Waals surface area contributed by atoms with E-state index in [9.17, 15) is 14.3 Å². The molecule has 98 valence electrons. The third kappa shape index (κ3) is 2.37. The van der Waals surface area contributed by atoms with Crippen LogP contribution in [0.25, 0.3) is 0 Å². The minimum atomic E-state index is -0.693. The summed E-state index contributed by atoms with van der Waals surface area (Å²) in [6.07, 6.45) is 5.32. The predicted octanol–water partition coefficient (Wildman–Crippen LogP) is 3.36. The van der Waals surface area contributed by atoms with Crippen LogP contribution in [0.3, 0.4) is 0 Å². The first-order valence-electron chi connectivity index (χ1n) is 6.42. The summed E-state index contributed by atoms with van der Waals surface area (Å²) in [6.45, 7) is 2.01. The molecular formula is C14H18FNO2. The minimum absolute atomic E-state index is 0.195. The zero-order chi connectivity index (χ0) is 13.2. The van der Waals surface area contributed by atoms with Crippen molar-refractivity contribution in [2.75, 3.05) is 0 Å². The lowest BCUT2D eigenvalue weighted by Crippen LogP contribution is -2.27. The van der Waals surface area contributed by atoms with Crippen LogP contribution in [0.4, 0.5) is 4.39 Å². The molecular weight excluding hydrogens is 233 g/mol. The monoisotopic (exact) mass is 251 g/mol. The van der Waals surface area contributed by atoms with Crippen LogP contribution < -0.4 is 0 Å². The number of aliphatic carboxylic acids is 1. The van der Waals surface area contributed by atoms with Gasteiger partial charge in [-0.1, -0.05) is 19.4 Å². The van der Waals surface area contributed by atoms with Crippen molar-refractivity contribution in [1.29, 1.82) is 0 Å². The van der Waals surface area contributed by atoms with Crippen molar-refractivity contribution in [1.82, 2.24) is 4.98 Å². The SMILES string of the molecule is CCCC1(C(=O)O)CCC(c2ccc(F)nc2)C1. The molecule has 0 aliphatic heterocycles. The van der Waals surface area contributed by atoms with E-state index in [1.165, 1.54) is 12.3 Å². The Bertz CT molecular complexity index is 432. The molecule has 0 saturated heterocycles. The number of carbonyl (C=O) groups is 1. The zero-order valence-corrected chi connectivity index (χ0v) is 10.5. The summed E-state index contributed by atoms with van der Waals surface area (Å²) in [7, 11) is 0. The lowest BCUT2D eigenvalue weighted by atomic mass is 9.80. The lowest BCUT2D eigenvalue weighted by Gasteiger charge is -2.23. The van der Waals surface area contributed by atoms with Gasteiger partial charge < -0.3 is 5.11 Å². The molecule has 2 unspecified atom stereocenters. The van der Waals surface area contributed by atoms with E-state index in [4.69, 9.17) is 0 Å². The number of hydrogen-bond acceptors (Lipinski definition) is 2. The van der Waals surface area contributed by atoms with Gasteiger partial charge in [-0.15, -0.1) is 0 Å². The van der Waals surface area contributed by atoms with E-state index in [2.05, 4.69) is 4.98 Å². The van der Waals surface area contributed by atoms with Crippen LogP contribution in [0, 0.1) is 11.4 Å². The van der Waals surface area contributed by atoms with E-state index >= 15 is 0 Å². The maximum atomic E-state index is 12.8. The summed E-state index contributed by atoms with van der Waals surface area (Å²) < 4.78 is 12.8. The molecule has 1 heterocycles. The van der Waals surface area contributed by atoms with Crippen LogP contribution >= 0.6 is 0 Å². The maximum Gasteiger partial charge on any atom is 0.309 e. The first-order chi connectivity index (χ1) is 8.57. The Morgan fingerprint density at radius 3 is 2.94 bits per heavy atom. The molecule has 0 amide bonds. The molecule has 0 radical (unpaired) electrons. The summed E-state index contributed by atoms with van der Waals surface area (Å²) in [5.74, 6) is -0.988. The molecule has 1 aliphatic rings. The molecule has 1 saturated carbocycles. The zero-order valence-electron chi connectivity index (χ0n) is 10.5. The molecule has 4 heteroatoms. The maximum absolute atomic E-state index is 12.8. The van der Waals surface area contributed by atoms with Crippen molar-refractivity contribution in [3.8, 4) is 0 Å². The number of rotatable bonds is 4. The summed E-state index contributed by atoms with van der Waals surface area (Å²) in [5, 5.41) is 9.43. The molecule has 3 nitrogen and oxygen atoms in total. The van der Waals surface area contributed by atoms with Crippen molar-refractivity contribution in [3.05, 3.63) is 29.8 Å². The first kappa shape index (κ1) is 13.0. The summed E-state index contributed by atoms with van der Waals surface area (Å²) in [6, 6.07) is 3.06. The molecule has 0 aromatic carbocycles. The largest absolute Gasteiger partial charge is 0.481 e. The van der Waals surface area contributed by atoms with Crippen LogP contribution in [-0.4, -0.2) is 16.1 Å². The molecule has 2 atom stereocenters. The number of carboxylic acid groups (broad SMARTS) is 1. The van der Waals surface area contributed by atoms with Crippen molar-refractivity contribution in [2.45, 2.75) is 44.9 Å². The van der Waals surface area contributed by atoms with E-state index in [1.54, 1.807) is 6.07 Å². The van der Waals surface area contributed by atoms with Gasteiger partial charge in [0.1, 0.15) is 0 Å². The van der Waals surface area contributed by atoms with Gasteiger partial charge in [0.15, 0.2) is 0 Å². The van der Waals surface area contributed by atoms with Crippen molar-refractivity contribution in [2.24, 2.45) is 5.41 Å². The van der Waals surface area contributed by atoms with Crippen molar-refractivity contribution >= 4 is 5.97 Å². The fourth-order valence-electron chi connectivity index (χ4n) is 3.05. The highest BCUT2D eigenvalue weighted by Gasteiger charge is 2.44. The van der Waals surface area contributed by atoms with Gasteiger partial charge in [0.25, 0.3) is 0 Å². The fourth-order valence-corrected chi connectivity index (χ4v) is 3.05. The Morgan fingerprint density at radius 2 is 2.39 bits per heavy atom. The first-order valence-corrected chi connectivity index (χ1v) is 6.42. The summed E-state index contributed by atoms with van der Waals surface area (Å²) in [5.41, 5.74) is 0.365. The van der Waals surface area contributed by atoms with E-state index < -0.39 is 17.3 Å². The average Bonchev–Trinajstić information content (AvgIpc) is 2.76. The third-order valence-corrected chi connectivity index (χ3v) is 4.01. The molecule has 0 bridgehead atoms. The second-order valence-electron chi connectivity index (χ2n) is 5.19. The smallest absolute Gasteiger partial charge is 0.309 e. The standard InChI is InChI=1S/C14H18FNO2/c1-2-6-14(13(17)18)7-5-10(8-14)11-3-4-12(15)16-9-11/h3-4,9-10H,2,5-8H2,1H3,(H,17,18). The van der Waals surface area contributed by atoms with Gasteiger partial charge in [-0.05, 0) is 43.2 Å². The molecule has 1 N–H and O–H groups in total. The Balaban J connectivity index is 2.15. The second-order valence-corrected chi connectivity index (χ2v) is 5.19. The van der Waals surface area contributed by atoms with E-state index in [1.807, 2.05) is 6.92 Å². The van der Waals surface area contributed by atoms with E-state index in [0.29, 0.717) is 19.3 Å². The molecule has 1 aromatic heterocycles. The fraction of sp³-hybridized carbons (Fsp3) is 0.571. The highest BCUT2D eigenvalue weighted by molar-refractivity contribution is 5.75. The Kier molecular flexibility index (Phi) is 3.64. The lowest BCUT2D eigenvalue weighted by molar-refractivity contribution is -0.149. The number of pyridine rings is 1. The molecule has 18 heavy (non-hydrogen) atoms. The van der Waals surface area contributed by atoms with Gasteiger partial charge >= 0.3 is 5.97 Å². The topological polar surface area (TPSA) is 50.2 Å². The van der Waals surface area contributed by atoms with Crippen LogP contribution in [0.5, 0.6) is 0 Å². The molecule has 1 fully saturated rings. The number of halogens is 1. The number of nitrogens with zero attached hydrogens (tertiary/aromatic N) is 1. The molecule has 0 spiro atoms. The number of carboxylic acids is 1. The number of hydrogen-bond donors (Lipinski definition) is 1. The molecule has 2 rings (SSSR count). The Hall–Kier alpha value is -1.45. The molecule has 1 aromatic rings. The van der Waals surface area contributed by atoms with Gasteiger partial charge in [0.05, 0.1) is 5.41 Å². The van der Waals surface area contributed by atoms with Crippen molar-refractivity contribution < 1.29 is 14.3 Å². The summed E-state index contributed by atoms with van der Waals surface area (Å²) in [4.78, 5) is 15.1. The highest BCUT2D eigenvalue weighted by Crippen LogP contribution is 2.49. The van der Waals surface area contributed by atoms with Gasteiger partial charge in [-0.2, -0.15) is 4.39 Å². The van der Waals surface area contributed by atoms with Crippen LogP contribution in [-0.2, 0) is 4.79 Å².